The SMILES string of the molecule is CN1CCC(CNCC2([OH2+])CN(C(=O)c3ccc(F)c(F)c3Nc3ccc(I)cc3F)C2)CC1. The molecule has 0 aromatic heterocycles. The number of nitrogens with one attached hydrogen (secondary N) is 2. The van der Waals surface area contributed by atoms with E-state index >= 15 is 0 Å². The molecule has 0 spiro atoms. The van der Waals surface area contributed by atoms with Crippen molar-refractivity contribution >= 4 is 39.9 Å². The lowest BCUT2D eigenvalue weighted by molar-refractivity contribution is -0.0789. The molecule has 1 amide bonds. The molecule has 2 saturated heterocycles. The average Bonchev–Trinajstić information content (AvgIpc) is 2.78. The van der Waals surface area contributed by atoms with Crippen LogP contribution in [0.15, 0.2) is 30.3 Å². The molecule has 34 heavy (non-hydrogen) atoms. The zero-order valence-corrected chi connectivity index (χ0v) is 21.1. The van der Waals surface area contributed by atoms with Crippen molar-refractivity contribution in [2.24, 2.45) is 5.92 Å². The normalized spacial score (nSPS) is 18.6. The Kier molecular flexibility index (Phi) is 7.70. The van der Waals surface area contributed by atoms with Crippen LogP contribution in [0.2, 0.25) is 0 Å². The number of hydrogen-bond donors (Lipinski definition) is 2. The number of piperidine rings is 1. The molecule has 0 atom stereocenters. The standard InChI is InChI=1S/C24H28F3IN4O2/c1-31-8-6-15(7-9-31)11-29-12-24(34)13-32(14-24)23(33)17-3-4-18(25)21(27)22(17)30-20-5-2-16(28)10-19(20)26/h2-5,10,15,29-30,34H,6-9,11-14H2,1H3/p+1. The minimum absolute atomic E-state index is 0.0597. The van der Waals surface area contributed by atoms with Crippen molar-refractivity contribution in [1.29, 1.82) is 0 Å². The number of nitrogens with zero attached hydrogens (tertiary/aromatic N) is 2. The van der Waals surface area contributed by atoms with Gasteiger partial charge in [-0.15, -0.1) is 0 Å². The van der Waals surface area contributed by atoms with E-state index in [1.54, 1.807) is 6.07 Å². The second-order valence-electron chi connectivity index (χ2n) is 9.35. The third kappa shape index (κ3) is 5.67. The van der Waals surface area contributed by atoms with E-state index in [1.165, 1.54) is 23.1 Å². The molecule has 0 aliphatic carbocycles. The first-order chi connectivity index (χ1) is 16.1. The molecule has 4 rings (SSSR count). The van der Waals surface area contributed by atoms with Gasteiger partial charge in [-0.3, -0.25) is 4.79 Å². The molecule has 2 aliphatic rings. The van der Waals surface area contributed by atoms with Crippen molar-refractivity contribution < 1.29 is 23.1 Å². The predicted molar refractivity (Wildman–Crippen MR) is 134 cm³/mol. The molecule has 10 heteroatoms. The average molecular weight is 589 g/mol. The zero-order valence-electron chi connectivity index (χ0n) is 18.9. The van der Waals surface area contributed by atoms with Gasteiger partial charge in [0.25, 0.3) is 5.91 Å². The minimum atomic E-state index is -1.25. The second kappa shape index (κ2) is 10.4. The van der Waals surface area contributed by atoms with Crippen molar-refractivity contribution in [2.75, 3.05) is 51.6 Å². The van der Waals surface area contributed by atoms with Gasteiger partial charge in [0, 0.05) is 3.57 Å². The summed E-state index contributed by atoms with van der Waals surface area (Å²) in [6.07, 6.45) is 2.26. The summed E-state index contributed by atoms with van der Waals surface area (Å²) in [7, 11) is 2.12. The van der Waals surface area contributed by atoms with Crippen LogP contribution in [-0.4, -0.2) is 72.7 Å². The van der Waals surface area contributed by atoms with E-state index < -0.39 is 34.6 Å². The van der Waals surface area contributed by atoms with Crippen LogP contribution in [0.3, 0.4) is 0 Å². The van der Waals surface area contributed by atoms with E-state index in [0.717, 1.165) is 38.5 Å². The van der Waals surface area contributed by atoms with Crippen LogP contribution < -0.4 is 10.6 Å². The summed E-state index contributed by atoms with van der Waals surface area (Å²) in [4.78, 5) is 16.8. The third-order valence-electron chi connectivity index (χ3n) is 6.52. The molecule has 2 aromatic rings. The van der Waals surface area contributed by atoms with E-state index in [-0.39, 0.29) is 24.3 Å². The molecule has 184 valence electrons. The maximum atomic E-state index is 14.6. The molecule has 6 nitrogen and oxygen atoms in total. The van der Waals surface area contributed by atoms with E-state index in [0.29, 0.717) is 16.0 Å². The number of carbonyl (C=O) groups excluding carboxylic acids is 1. The Labute approximate surface area is 210 Å². The van der Waals surface area contributed by atoms with Gasteiger partial charge < -0.3 is 25.5 Å². The van der Waals surface area contributed by atoms with Gasteiger partial charge in [0.2, 0.25) is 5.60 Å². The number of carbonyl (C=O) groups is 1. The number of rotatable bonds is 7. The Morgan fingerprint density at radius 3 is 2.53 bits per heavy atom. The summed E-state index contributed by atoms with van der Waals surface area (Å²) in [5, 5.41) is 14.5. The summed E-state index contributed by atoms with van der Waals surface area (Å²) < 4.78 is 43.5. The monoisotopic (exact) mass is 589 g/mol. The van der Waals surface area contributed by atoms with Crippen LogP contribution in [0.25, 0.3) is 0 Å². The fourth-order valence-electron chi connectivity index (χ4n) is 4.47. The van der Waals surface area contributed by atoms with Gasteiger partial charge in [-0.1, -0.05) is 0 Å². The number of amides is 1. The van der Waals surface area contributed by atoms with Crippen LogP contribution in [-0.2, 0) is 0 Å². The lowest BCUT2D eigenvalue weighted by atomic mass is 9.92. The van der Waals surface area contributed by atoms with Crippen LogP contribution in [0.5, 0.6) is 0 Å². The topological polar surface area (TPSA) is 70.5 Å². The summed E-state index contributed by atoms with van der Waals surface area (Å²) in [5.41, 5.74) is -1.39. The van der Waals surface area contributed by atoms with Gasteiger partial charge in [0.1, 0.15) is 5.82 Å². The second-order valence-corrected chi connectivity index (χ2v) is 10.6. The predicted octanol–water partition coefficient (Wildman–Crippen LogP) is 3.30. The van der Waals surface area contributed by atoms with Gasteiger partial charge in [-0.2, -0.15) is 0 Å². The van der Waals surface area contributed by atoms with Crippen molar-refractivity contribution in [2.45, 2.75) is 18.4 Å². The Bertz CT molecular complexity index is 1060. The van der Waals surface area contributed by atoms with Crippen molar-refractivity contribution in [3.63, 3.8) is 0 Å². The molecule has 2 fully saturated rings. The third-order valence-corrected chi connectivity index (χ3v) is 7.20. The first-order valence-electron chi connectivity index (χ1n) is 11.3. The number of halogens is 4. The Balaban J connectivity index is 1.39. The molecule has 2 aromatic carbocycles. The molecule has 4 N–H and O–H groups in total. The number of likely N-dealkylation sites (tertiary alicyclic amines) is 2. The molecule has 2 heterocycles. The largest absolute Gasteiger partial charge is 0.437 e. The van der Waals surface area contributed by atoms with E-state index in [9.17, 15) is 18.0 Å². The van der Waals surface area contributed by atoms with Gasteiger partial charge in [-0.25, -0.2) is 13.2 Å². The molecular formula is C24H29F3IN4O2+. The lowest BCUT2D eigenvalue weighted by Gasteiger charge is -2.43. The van der Waals surface area contributed by atoms with Gasteiger partial charge in [0.15, 0.2) is 11.6 Å². The Morgan fingerprint density at radius 1 is 1.15 bits per heavy atom. The number of hydrogen-bond acceptors (Lipinski definition) is 4. The minimum Gasteiger partial charge on any atom is -0.437 e. The van der Waals surface area contributed by atoms with Crippen LogP contribution >= 0.6 is 22.6 Å². The highest BCUT2D eigenvalue weighted by Crippen LogP contribution is 2.31. The van der Waals surface area contributed by atoms with Crippen molar-refractivity contribution in [1.82, 2.24) is 15.1 Å². The zero-order chi connectivity index (χ0) is 24.5. The van der Waals surface area contributed by atoms with Gasteiger partial charge in [0.05, 0.1) is 36.6 Å². The van der Waals surface area contributed by atoms with E-state index in [2.05, 4.69) is 22.6 Å². The lowest BCUT2D eigenvalue weighted by Crippen LogP contribution is -2.67. The Hall–Kier alpha value is -1.89. The maximum absolute atomic E-state index is 14.6. The molecule has 0 radical (unpaired) electrons. The van der Waals surface area contributed by atoms with E-state index in [4.69, 9.17) is 5.11 Å². The Morgan fingerprint density at radius 2 is 1.85 bits per heavy atom. The van der Waals surface area contributed by atoms with Crippen molar-refractivity contribution in [3.05, 3.63) is 56.9 Å². The van der Waals surface area contributed by atoms with Crippen LogP contribution in [0.4, 0.5) is 24.5 Å². The first kappa shape index (κ1) is 25.2. The first-order valence-corrected chi connectivity index (χ1v) is 12.4. The molecular weight excluding hydrogens is 560 g/mol. The van der Waals surface area contributed by atoms with Crippen LogP contribution in [0.1, 0.15) is 23.2 Å². The highest BCUT2D eigenvalue weighted by atomic mass is 127. The summed E-state index contributed by atoms with van der Waals surface area (Å²) in [6, 6.07) is 6.35. The van der Waals surface area contributed by atoms with Crippen molar-refractivity contribution in [3.8, 4) is 0 Å². The quantitative estimate of drug-likeness (QED) is 0.385. The fourth-order valence-corrected chi connectivity index (χ4v) is 4.92. The maximum Gasteiger partial charge on any atom is 0.256 e. The van der Waals surface area contributed by atoms with E-state index in [1.807, 2.05) is 22.6 Å². The highest BCUT2D eigenvalue weighted by Gasteiger charge is 2.48. The smallest absolute Gasteiger partial charge is 0.256 e. The number of anilines is 2. The molecule has 0 bridgehead atoms. The molecule has 0 unspecified atom stereocenters. The summed E-state index contributed by atoms with van der Waals surface area (Å²) in [6.45, 7) is 3.83. The summed E-state index contributed by atoms with van der Waals surface area (Å²) in [5.74, 6) is -2.96. The number of benzene rings is 2. The summed E-state index contributed by atoms with van der Waals surface area (Å²) >= 11 is 1.94. The molecule has 0 saturated carbocycles. The molecule has 2 aliphatic heterocycles. The fraction of sp³-hybridized carbons (Fsp3) is 0.458. The van der Waals surface area contributed by atoms with Gasteiger partial charge in [-0.05, 0) is 98.4 Å². The highest BCUT2D eigenvalue weighted by molar-refractivity contribution is 14.1. The van der Waals surface area contributed by atoms with Crippen LogP contribution in [0, 0.1) is 26.9 Å². The van der Waals surface area contributed by atoms with Gasteiger partial charge >= 0.3 is 0 Å².